The average molecular weight is 259 g/mol. The molecule has 17 heavy (non-hydrogen) atoms. The molecule has 0 aliphatic carbocycles. The van der Waals surface area contributed by atoms with Crippen molar-refractivity contribution in [3.63, 3.8) is 0 Å². The first-order valence-corrected chi connectivity index (χ1v) is 6.64. The van der Waals surface area contributed by atoms with Crippen LogP contribution < -0.4 is 10.5 Å². The first-order chi connectivity index (χ1) is 7.61. The Kier molecular flexibility index (Phi) is 3.46. The molecule has 1 aromatic rings. The smallest absolute Gasteiger partial charge is 0.234 e. The fourth-order valence-corrected chi connectivity index (χ4v) is 3.01. The van der Waals surface area contributed by atoms with E-state index in [0.717, 1.165) is 0 Å². The minimum absolute atomic E-state index is 0.0314. The average Bonchev–Trinajstić information content (AvgIpc) is 2.45. The number of anilines is 1. The van der Waals surface area contributed by atoms with E-state index in [0.29, 0.717) is 0 Å². The maximum atomic E-state index is 11.8. The van der Waals surface area contributed by atoms with E-state index < -0.39 is 10.0 Å². The Morgan fingerprint density at radius 1 is 1.59 bits per heavy atom. The van der Waals surface area contributed by atoms with Gasteiger partial charge in [0.1, 0.15) is 11.7 Å². The van der Waals surface area contributed by atoms with Gasteiger partial charge in [-0.3, -0.25) is 15.2 Å². The predicted molar refractivity (Wildman–Crippen MR) is 66.5 cm³/mol. The summed E-state index contributed by atoms with van der Waals surface area (Å²) < 4.78 is 26.0. The Bertz CT molecular complexity index is 512. The van der Waals surface area contributed by atoms with Crippen molar-refractivity contribution in [3.05, 3.63) is 11.8 Å². The number of nitrogen functional groups attached to an aromatic ring is 1. The lowest BCUT2D eigenvalue weighted by Gasteiger charge is -2.18. The second-order valence-electron chi connectivity index (χ2n) is 4.99. The van der Waals surface area contributed by atoms with Gasteiger partial charge in [-0.2, -0.15) is 5.10 Å². The van der Waals surface area contributed by atoms with Crippen LogP contribution in [0.1, 0.15) is 26.3 Å². The molecule has 0 fully saturated rings. The van der Waals surface area contributed by atoms with Crippen molar-refractivity contribution >= 4 is 21.7 Å². The van der Waals surface area contributed by atoms with Gasteiger partial charge in [0.25, 0.3) is 0 Å². The van der Waals surface area contributed by atoms with E-state index in [2.05, 4.69) is 14.9 Å². The molecule has 7 nitrogen and oxygen atoms in total. The zero-order valence-electron chi connectivity index (χ0n) is 10.0. The molecule has 1 aromatic heterocycles. The van der Waals surface area contributed by atoms with E-state index in [-0.39, 0.29) is 28.4 Å². The number of aromatic nitrogens is 2. The molecule has 0 radical (unpaired) electrons. The van der Waals surface area contributed by atoms with Gasteiger partial charge < -0.3 is 5.73 Å². The number of nitrogens with zero attached hydrogens (tertiary/aromatic N) is 1. The molecule has 0 aromatic carbocycles. The van der Waals surface area contributed by atoms with Crippen LogP contribution in [0.3, 0.4) is 0 Å². The van der Waals surface area contributed by atoms with E-state index in [9.17, 15) is 8.42 Å². The molecule has 1 rings (SSSR count). The number of hydrogen-bond acceptors (Lipinski definition) is 4. The molecule has 0 amide bonds. The number of sulfonamides is 1. The first-order valence-electron chi connectivity index (χ1n) is 4.99. The number of rotatable bonds is 4. The Morgan fingerprint density at radius 2 is 2.18 bits per heavy atom. The second kappa shape index (κ2) is 4.36. The molecule has 96 valence electrons. The number of nitrogens with two attached hydrogens (primary N) is 1. The van der Waals surface area contributed by atoms with E-state index in [1.807, 2.05) is 20.8 Å². The van der Waals surface area contributed by atoms with Crippen LogP contribution in [0.2, 0.25) is 0 Å². The zero-order chi connectivity index (χ0) is 13.3. The highest BCUT2D eigenvalue weighted by molar-refractivity contribution is 7.92. The molecule has 0 bridgehead atoms. The van der Waals surface area contributed by atoms with Crippen molar-refractivity contribution < 1.29 is 8.42 Å². The first kappa shape index (κ1) is 13.5. The molecule has 5 N–H and O–H groups in total. The van der Waals surface area contributed by atoms with Gasteiger partial charge in [-0.05, 0) is 5.41 Å². The number of hydrogen-bond donors (Lipinski definition) is 4. The van der Waals surface area contributed by atoms with Crippen molar-refractivity contribution in [2.75, 3.05) is 10.5 Å². The molecule has 0 saturated heterocycles. The standard InChI is InChI=1S/C9H17N5O2S/c1-9(2,3)5-17(15,16)14-8-6(7(10)11)4-12-13-8/h4H,5H2,1-3H3,(H3,10,11)(H2,12,13,14). The van der Waals surface area contributed by atoms with Crippen LogP contribution in [0.5, 0.6) is 0 Å². The van der Waals surface area contributed by atoms with Crippen LogP contribution in [-0.4, -0.2) is 30.2 Å². The minimum atomic E-state index is -3.49. The molecular formula is C9H17N5O2S. The lowest BCUT2D eigenvalue weighted by atomic mass is 10.0. The van der Waals surface area contributed by atoms with E-state index in [4.69, 9.17) is 11.1 Å². The lowest BCUT2D eigenvalue weighted by Crippen LogP contribution is -2.27. The summed E-state index contributed by atoms with van der Waals surface area (Å²) in [6, 6.07) is 0. The number of nitrogens with one attached hydrogen (secondary N) is 3. The summed E-state index contributed by atoms with van der Waals surface area (Å²) in [5.74, 6) is -0.148. The topological polar surface area (TPSA) is 125 Å². The molecule has 0 spiro atoms. The van der Waals surface area contributed by atoms with Gasteiger partial charge in [0.15, 0.2) is 0 Å². The summed E-state index contributed by atoms with van der Waals surface area (Å²) in [5, 5.41) is 13.4. The Morgan fingerprint density at radius 3 is 2.65 bits per heavy atom. The molecule has 8 heteroatoms. The van der Waals surface area contributed by atoms with Crippen molar-refractivity contribution in [2.24, 2.45) is 11.1 Å². The van der Waals surface area contributed by atoms with Gasteiger partial charge >= 0.3 is 0 Å². The van der Waals surface area contributed by atoms with Crippen molar-refractivity contribution in [2.45, 2.75) is 20.8 Å². The molecular weight excluding hydrogens is 242 g/mol. The van der Waals surface area contributed by atoms with Crippen LogP contribution >= 0.6 is 0 Å². The third-order valence-corrected chi connectivity index (χ3v) is 3.57. The zero-order valence-corrected chi connectivity index (χ0v) is 10.9. The highest BCUT2D eigenvalue weighted by Crippen LogP contribution is 2.19. The van der Waals surface area contributed by atoms with Crippen LogP contribution in [0.15, 0.2) is 6.20 Å². The lowest BCUT2D eigenvalue weighted by molar-refractivity contribution is 0.463. The van der Waals surface area contributed by atoms with E-state index >= 15 is 0 Å². The Labute approximate surface area is 100 Å². The van der Waals surface area contributed by atoms with E-state index in [1.165, 1.54) is 6.20 Å². The summed E-state index contributed by atoms with van der Waals surface area (Å²) in [7, 11) is -3.49. The van der Waals surface area contributed by atoms with Crippen molar-refractivity contribution in [1.29, 1.82) is 5.41 Å². The maximum absolute atomic E-state index is 11.8. The Balaban J connectivity index is 2.91. The van der Waals surface area contributed by atoms with Crippen molar-refractivity contribution in [3.8, 4) is 0 Å². The Hall–Kier alpha value is -1.57. The monoisotopic (exact) mass is 259 g/mol. The highest BCUT2D eigenvalue weighted by Gasteiger charge is 2.23. The third kappa shape index (κ3) is 4.06. The summed E-state index contributed by atoms with van der Waals surface area (Å²) in [5.41, 5.74) is 5.17. The van der Waals surface area contributed by atoms with Gasteiger partial charge in [-0.1, -0.05) is 20.8 Å². The summed E-state index contributed by atoms with van der Waals surface area (Å²) >= 11 is 0. The SMILES string of the molecule is CC(C)(C)CS(=O)(=O)Nc1[nH]ncc1C(=N)N. The summed E-state index contributed by atoms with van der Waals surface area (Å²) in [6.45, 7) is 5.47. The molecule has 1 heterocycles. The normalized spacial score (nSPS) is 12.4. The summed E-state index contributed by atoms with van der Waals surface area (Å²) in [4.78, 5) is 0. The number of amidine groups is 1. The maximum Gasteiger partial charge on any atom is 0.234 e. The summed E-state index contributed by atoms with van der Waals surface area (Å²) in [6.07, 6.45) is 1.30. The highest BCUT2D eigenvalue weighted by atomic mass is 32.2. The second-order valence-corrected chi connectivity index (χ2v) is 6.72. The quantitative estimate of drug-likeness (QED) is 0.463. The molecule has 0 atom stereocenters. The van der Waals surface area contributed by atoms with Gasteiger partial charge in [0.05, 0.1) is 17.5 Å². The molecule has 0 saturated carbocycles. The number of H-pyrrole nitrogens is 1. The fourth-order valence-electron chi connectivity index (χ4n) is 1.33. The molecule has 0 aliphatic heterocycles. The van der Waals surface area contributed by atoms with Gasteiger partial charge in [-0.15, -0.1) is 0 Å². The largest absolute Gasteiger partial charge is 0.384 e. The molecule has 0 unspecified atom stereocenters. The van der Waals surface area contributed by atoms with Crippen LogP contribution in [0.25, 0.3) is 0 Å². The van der Waals surface area contributed by atoms with Gasteiger partial charge in [0, 0.05) is 0 Å². The van der Waals surface area contributed by atoms with Gasteiger partial charge in [0.2, 0.25) is 10.0 Å². The van der Waals surface area contributed by atoms with E-state index in [1.54, 1.807) is 0 Å². The van der Waals surface area contributed by atoms with Crippen LogP contribution in [0, 0.1) is 10.8 Å². The van der Waals surface area contributed by atoms with Crippen LogP contribution in [0.4, 0.5) is 5.82 Å². The number of aromatic amines is 1. The van der Waals surface area contributed by atoms with Crippen molar-refractivity contribution in [1.82, 2.24) is 10.2 Å². The minimum Gasteiger partial charge on any atom is -0.384 e. The third-order valence-electron chi connectivity index (χ3n) is 1.81. The molecule has 0 aliphatic rings. The fraction of sp³-hybridized carbons (Fsp3) is 0.556. The van der Waals surface area contributed by atoms with Crippen LogP contribution in [-0.2, 0) is 10.0 Å². The van der Waals surface area contributed by atoms with Gasteiger partial charge in [-0.25, -0.2) is 8.42 Å². The predicted octanol–water partition coefficient (Wildman–Crippen LogP) is 0.482.